The molecule has 35 heavy (non-hydrogen) atoms. The van der Waals surface area contributed by atoms with Gasteiger partial charge in [-0.1, -0.05) is 83.5 Å². The molecule has 5 nitrogen and oxygen atoms in total. The van der Waals surface area contributed by atoms with Crippen LogP contribution in [-0.4, -0.2) is 26.3 Å². The van der Waals surface area contributed by atoms with Gasteiger partial charge in [0, 0.05) is 11.1 Å². The highest BCUT2D eigenvalue weighted by atomic mass is 35.5. The Morgan fingerprint density at radius 3 is 2.43 bits per heavy atom. The zero-order chi connectivity index (χ0) is 24.4. The number of Topliss-reactive ketones (excluding diaryl/α,β-unsaturated/α-hetero) is 1. The Labute approximate surface area is 216 Å². The molecule has 2 heterocycles. The Balaban J connectivity index is 1.41. The molecule has 0 aliphatic rings. The molecule has 0 radical (unpaired) electrons. The van der Waals surface area contributed by atoms with Gasteiger partial charge in [-0.3, -0.25) is 9.36 Å². The van der Waals surface area contributed by atoms with Crippen molar-refractivity contribution in [2.24, 2.45) is 0 Å². The van der Waals surface area contributed by atoms with Crippen LogP contribution < -0.4 is 0 Å². The minimum Gasteiger partial charge on any atom is -0.453 e. The summed E-state index contributed by atoms with van der Waals surface area (Å²) in [4.78, 5) is 13.0. The smallest absolute Gasteiger partial charge is 0.208 e. The molecule has 0 bridgehead atoms. The van der Waals surface area contributed by atoms with E-state index in [-0.39, 0.29) is 17.3 Å². The van der Waals surface area contributed by atoms with Crippen LogP contribution in [0.2, 0.25) is 10.0 Å². The van der Waals surface area contributed by atoms with E-state index in [9.17, 15) is 4.79 Å². The molecule has 0 aliphatic heterocycles. The second-order valence-corrected chi connectivity index (χ2v) is 9.56. The number of furan rings is 1. The predicted octanol–water partition coefficient (Wildman–Crippen LogP) is 7.78. The summed E-state index contributed by atoms with van der Waals surface area (Å²) in [5.74, 6) is 1.53. The van der Waals surface area contributed by atoms with Gasteiger partial charge < -0.3 is 4.42 Å². The molecular formula is C27H19Cl2N3O2S. The largest absolute Gasteiger partial charge is 0.453 e. The molecule has 2 aromatic heterocycles. The summed E-state index contributed by atoms with van der Waals surface area (Å²) in [6, 6.07) is 26.5. The summed E-state index contributed by atoms with van der Waals surface area (Å²) < 4.78 is 7.81. The number of hydrogen-bond acceptors (Lipinski definition) is 5. The van der Waals surface area contributed by atoms with E-state index >= 15 is 0 Å². The van der Waals surface area contributed by atoms with Crippen LogP contribution >= 0.6 is 35.0 Å². The molecule has 5 rings (SSSR count). The first kappa shape index (κ1) is 23.4. The first-order chi connectivity index (χ1) is 17.0. The number of carbonyl (C=O) groups excluding carboxylic acids is 1. The summed E-state index contributed by atoms with van der Waals surface area (Å²) in [5.41, 5.74) is 3.73. The molecule has 3 aromatic carbocycles. The van der Waals surface area contributed by atoms with Crippen molar-refractivity contribution < 1.29 is 9.21 Å². The first-order valence-electron chi connectivity index (χ1n) is 10.8. The van der Waals surface area contributed by atoms with Crippen LogP contribution in [0.25, 0.3) is 28.4 Å². The van der Waals surface area contributed by atoms with E-state index < -0.39 is 0 Å². The molecule has 5 aromatic rings. The summed E-state index contributed by atoms with van der Waals surface area (Å²) in [7, 11) is 0. The summed E-state index contributed by atoms with van der Waals surface area (Å²) >= 11 is 13.4. The van der Waals surface area contributed by atoms with Crippen molar-refractivity contribution in [1.82, 2.24) is 14.8 Å². The minimum absolute atomic E-state index is 0.146. The van der Waals surface area contributed by atoms with Crippen LogP contribution in [0, 0.1) is 6.92 Å². The van der Waals surface area contributed by atoms with Gasteiger partial charge in [0.25, 0.3) is 0 Å². The fraction of sp³-hybridized carbons (Fsp3) is 0.0741. The van der Waals surface area contributed by atoms with Crippen molar-refractivity contribution in [2.45, 2.75) is 12.1 Å². The number of aromatic nitrogens is 3. The molecule has 0 aliphatic carbocycles. The van der Waals surface area contributed by atoms with Crippen molar-refractivity contribution in [3.05, 3.63) is 106 Å². The molecule has 0 atom stereocenters. The lowest BCUT2D eigenvalue weighted by atomic mass is 10.1. The van der Waals surface area contributed by atoms with Crippen LogP contribution in [0.3, 0.4) is 0 Å². The van der Waals surface area contributed by atoms with Gasteiger partial charge in [-0.05, 0) is 48.9 Å². The van der Waals surface area contributed by atoms with E-state index in [1.165, 1.54) is 11.8 Å². The van der Waals surface area contributed by atoms with Gasteiger partial charge in [-0.25, -0.2) is 0 Å². The normalized spacial score (nSPS) is 11.1. The molecular weight excluding hydrogens is 501 g/mol. The second kappa shape index (κ2) is 10.1. The number of aryl methyl sites for hydroxylation is 1. The first-order valence-corrected chi connectivity index (χ1v) is 12.5. The van der Waals surface area contributed by atoms with Gasteiger partial charge in [0.2, 0.25) is 5.78 Å². The van der Waals surface area contributed by atoms with Crippen LogP contribution in [-0.2, 0) is 0 Å². The minimum atomic E-state index is -0.151. The van der Waals surface area contributed by atoms with Crippen molar-refractivity contribution >= 4 is 40.7 Å². The molecule has 0 N–H and O–H groups in total. The third kappa shape index (κ3) is 4.91. The Morgan fingerprint density at radius 2 is 1.66 bits per heavy atom. The number of ketones is 1. The van der Waals surface area contributed by atoms with E-state index in [0.29, 0.717) is 21.0 Å². The lowest BCUT2D eigenvalue weighted by Crippen LogP contribution is -2.05. The molecule has 0 amide bonds. The van der Waals surface area contributed by atoms with Gasteiger partial charge in [-0.15, -0.1) is 10.2 Å². The highest BCUT2D eigenvalue weighted by molar-refractivity contribution is 7.99. The van der Waals surface area contributed by atoms with Crippen LogP contribution in [0.5, 0.6) is 0 Å². The SMILES string of the molecule is Cc1ccccc1-n1c(SCC(=O)c2ccc(-c3ccc(Cl)c(Cl)c3)o2)nnc1-c1ccccc1. The fourth-order valence-corrected chi connectivity index (χ4v) is 4.78. The Hall–Kier alpha value is -3.32. The molecule has 174 valence electrons. The average molecular weight is 520 g/mol. The molecule has 0 saturated carbocycles. The highest BCUT2D eigenvalue weighted by Crippen LogP contribution is 2.32. The van der Waals surface area contributed by atoms with Gasteiger partial charge in [0.1, 0.15) is 5.76 Å². The summed E-state index contributed by atoms with van der Waals surface area (Å²) in [6.07, 6.45) is 0. The zero-order valence-electron chi connectivity index (χ0n) is 18.6. The standard InChI is InChI=1S/C27H19Cl2N3O2S/c1-17-7-5-6-10-22(17)32-26(18-8-3-2-4-9-18)30-31-27(32)35-16-23(33)25-14-13-24(34-25)19-11-12-20(28)21(29)15-19/h2-15H,16H2,1H3. The fourth-order valence-electron chi connectivity index (χ4n) is 3.66. The Morgan fingerprint density at radius 1 is 0.886 bits per heavy atom. The van der Waals surface area contributed by atoms with E-state index in [4.69, 9.17) is 27.6 Å². The van der Waals surface area contributed by atoms with Crippen molar-refractivity contribution in [3.63, 3.8) is 0 Å². The maximum atomic E-state index is 13.0. The lowest BCUT2D eigenvalue weighted by Gasteiger charge is -2.12. The number of halogens is 2. The number of benzene rings is 3. The van der Waals surface area contributed by atoms with E-state index in [1.54, 1.807) is 30.3 Å². The van der Waals surface area contributed by atoms with E-state index in [0.717, 1.165) is 28.2 Å². The maximum absolute atomic E-state index is 13.0. The summed E-state index contributed by atoms with van der Waals surface area (Å²) in [6.45, 7) is 2.04. The van der Waals surface area contributed by atoms with E-state index in [2.05, 4.69) is 10.2 Å². The van der Waals surface area contributed by atoms with E-state index in [1.807, 2.05) is 66.1 Å². The monoisotopic (exact) mass is 519 g/mol. The van der Waals surface area contributed by atoms with Gasteiger partial charge in [-0.2, -0.15) is 0 Å². The molecule has 0 spiro atoms. The average Bonchev–Trinajstić information content (AvgIpc) is 3.53. The number of nitrogens with zero attached hydrogens (tertiary/aromatic N) is 3. The second-order valence-electron chi connectivity index (χ2n) is 7.80. The van der Waals surface area contributed by atoms with Crippen molar-refractivity contribution in [3.8, 4) is 28.4 Å². The molecule has 0 fully saturated rings. The van der Waals surface area contributed by atoms with Gasteiger partial charge >= 0.3 is 0 Å². The number of thioether (sulfide) groups is 1. The van der Waals surface area contributed by atoms with Gasteiger partial charge in [0.05, 0.1) is 21.5 Å². The lowest BCUT2D eigenvalue weighted by molar-refractivity contribution is 0.0993. The number of carbonyl (C=O) groups is 1. The third-order valence-corrected chi connectivity index (χ3v) is 7.11. The van der Waals surface area contributed by atoms with Crippen LogP contribution in [0.15, 0.2) is 94.5 Å². The van der Waals surface area contributed by atoms with Crippen LogP contribution in [0.4, 0.5) is 0 Å². The maximum Gasteiger partial charge on any atom is 0.208 e. The van der Waals surface area contributed by atoms with Crippen molar-refractivity contribution in [2.75, 3.05) is 5.75 Å². The molecule has 8 heteroatoms. The Bertz CT molecular complexity index is 1510. The summed E-state index contributed by atoms with van der Waals surface area (Å²) in [5, 5.41) is 10.4. The van der Waals surface area contributed by atoms with Crippen LogP contribution in [0.1, 0.15) is 16.1 Å². The number of hydrogen-bond donors (Lipinski definition) is 0. The van der Waals surface area contributed by atoms with Gasteiger partial charge in [0.15, 0.2) is 16.7 Å². The topological polar surface area (TPSA) is 60.9 Å². The molecule has 0 saturated heterocycles. The number of para-hydroxylation sites is 1. The quantitative estimate of drug-likeness (QED) is 0.162. The van der Waals surface area contributed by atoms with Crippen molar-refractivity contribution in [1.29, 1.82) is 0 Å². The highest BCUT2D eigenvalue weighted by Gasteiger charge is 2.20. The molecule has 0 unspecified atom stereocenters. The predicted molar refractivity (Wildman–Crippen MR) is 141 cm³/mol. The zero-order valence-corrected chi connectivity index (χ0v) is 20.9. The number of rotatable bonds is 7. The Kier molecular flexibility index (Phi) is 6.77. The third-order valence-electron chi connectivity index (χ3n) is 5.44.